The van der Waals surface area contributed by atoms with Gasteiger partial charge in [-0.25, -0.2) is 8.42 Å². The first kappa shape index (κ1) is 27.4. The molecule has 174 valence electrons. The van der Waals surface area contributed by atoms with Crippen LogP contribution in [0.2, 0.25) is 0 Å². The fourth-order valence-electron chi connectivity index (χ4n) is 3.11. The Balaban J connectivity index is 0.00000480. The van der Waals surface area contributed by atoms with Crippen molar-refractivity contribution in [1.82, 2.24) is 15.8 Å². The Morgan fingerprint density at radius 3 is 2.26 bits per heavy atom. The van der Waals surface area contributed by atoms with Crippen LogP contribution in [0, 0.1) is 0 Å². The number of nitrogens with zero attached hydrogens (tertiary/aromatic N) is 2. The third-order valence-electron chi connectivity index (χ3n) is 5.01. The number of benzene rings is 1. The van der Waals surface area contributed by atoms with Crippen LogP contribution in [0.5, 0.6) is 0 Å². The molecule has 0 aliphatic heterocycles. The van der Waals surface area contributed by atoms with E-state index in [-0.39, 0.29) is 41.7 Å². The Morgan fingerprint density at radius 1 is 1.10 bits per heavy atom. The molecular weight excluding hydrogens is 527 g/mol. The fraction of sp³-hybridized carbons (Fsp3) is 0.545. The molecule has 1 heterocycles. The van der Waals surface area contributed by atoms with Gasteiger partial charge in [0, 0.05) is 32.1 Å². The van der Waals surface area contributed by atoms with Crippen LogP contribution in [-0.2, 0) is 34.6 Å². The van der Waals surface area contributed by atoms with Crippen molar-refractivity contribution in [3.63, 3.8) is 0 Å². The normalized spacial score (nSPS) is 12.4. The van der Waals surface area contributed by atoms with Crippen molar-refractivity contribution in [3.05, 3.63) is 46.8 Å². The maximum absolute atomic E-state index is 12.7. The van der Waals surface area contributed by atoms with Crippen molar-refractivity contribution >= 4 is 39.8 Å². The number of sulfone groups is 1. The minimum Gasteiger partial charge on any atom is -0.361 e. The van der Waals surface area contributed by atoms with Gasteiger partial charge < -0.3 is 15.2 Å². The van der Waals surface area contributed by atoms with Crippen molar-refractivity contribution in [2.75, 3.05) is 19.3 Å². The summed E-state index contributed by atoms with van der Waals surface area (Å²) in [6.07, 6.45) is 1.56. The summed E-state index contributed by atoms with van der Waals surface area (Å²) in [6, 6.07) is 7.15. The molecule has 1 aromatic heterocycles. The molecule has 0 saturated carbocycles. The highest BCUT2D eigenvalue weighted by Crippen LogP contribution is 2.23. The second-order valence-electron chi connectivity index (χ2n) is 8.18. The highest BCUT2D eigenvalue weighted by molar-refractivity contribution is 14.0. The van der Waals surface area contributed by atoms with Gasteiger partial charge in [0.15, 0.2) is 15.8 Å². The van der Waals surface area contributed by atoms with E-state index in [9.17, 15) is 8.42 Å². The van der Waals surface area contributed by atoms with Crippen molar-refractivity contribution < 1.29 is 12.9 Å². The highest BCUT2D eigenvalue weighted by Gasteiger charge is 2.18. The van der Waals surface area contributed by atoms with Crippen LogP contribution in [0.15, 0.2) is 38.7 Å². The second-order valence-corrected chi connectivity index (χ2v) is 10.3. The number of aromatic nitrogens is 1. The van der Waals surface area contributed by atoms with E-state index in [1.54, 1.807) is 19.2 Å². The minimum atomic E-state index is -3.38. The molecule has 2 rings (SSSR count). The predicted octanol–water partition coefficient (Wildman–Crippen LogP) is 3.85. The summed E-state index contributed by atoms with van der Waals surface area (Å²) in [7, 11) is -1.72. The number of aryl methyl sites for hydroxylation is 2. The van der Waals surface area contributed by atoms with E-state index in [1.165, 1.54) is 0 Å². The highest BCUT2D eigenvalue weighted by atomic mass is 127. The number of guanidine groups is 1. The van der Waals surface area contributed by atoms with E-state index < -0.39 is 9.84 Å². The zero-order valence-corrected chi connectivity index (χ0v) is 22.4. The lowest BCUT2D eigenvalue weighted by molar-refractivity contribution is 0.380. The standard InChI is InChI=1S/C22H34N4O3S.HI/c1-7-19-18(20(8-2)29-26-19)15-25-21(23-6)24-13-14-30(27,28)17-11-9-16(10-12-17)22(3,4)5;/h9-12H,7-8,13-15H2,1-6H3,(H2,23,24,25);1H. The average Bonchev–Trinajstić information content (AvgIpc) is 3.11. The Bertz CT molecular complexity index is 940. The molecular formula is C22H35IN4O3S. The van der Waals surface area contributed by atoms with Crippen LogP contribution in [-0.4, -0.2) is 38.9 Å². The molecule has 31 heavy (non-hydrogen) atoms. The Kier molecular flexibility index (Phi) is 10.5. The number of rotatable bonds is 8. The summed E-state index contributed by atoms with van der Waals surface area (Å²) in [5.41, 5.74) is 3.06. The lowest BCUT2D eigenvalue weighted by atomic mass is 9.87. The predicted molar refractivity (Wildman–Crippen MR) is 136 cm³/mol. The third-order valence-corrected chi connectivity index (χ3v) is 6.74. The zero-order chi connectivity index (χ0) is 22.4. The van der Waals surface area contributed by atoms with E-state index in [0.29, 0.717) is 17.4 Å². The topological polar surface area (TPSA) is 96.6 Å². The van der Waals surface area contributed by atoms with Crippen LogP contribution in [0.3, 0.4) is 0 Å². The van der Waals surface area contributed by atoms with Gasteiger partial charge in [-0.15, -0.1) is 24.0 Å². The quantitative estimate of drug-likeness (QED) is 0.288. The van der Waals surface area contributed by atoms with Gasteiger partial charge in [0.1, 0.15) is 5.76 Å². The van der Waals surface area contributed by atoms with E-state index in [0.717, 1.165) is 35.4 Å². The van der Waals surface area contributed by atoms with Gasteiger partial charge in [-0.1, -0.05) is 51.9 Å². The Labute approximate surface area is 203 Å². The van der Waals surface area contributed by atoms with Gasteiger partial charge in [-0.3, -0.25) is 4.99 Å². The number of nitrogens with one attached hydrogen (secondary N) is 2. The maximum Gasteiger partial charge on any atom is 0.191 e. The van der Waals surface area contributed by atoms with E-state index in [1.807, 2.05) is 26.0 Å². The number of hydrogen-bond acceptors (Lipinski definition) is 5. The van der Waals surface area contributed by atoms with Gasteiger partial charge in [-0.2, -0.15) is 0 Å². The van der Waals surface area contributed by atoms with Crippen molar-refractivity contribution in [2.45, 2.75) is 64.3 Å². The van der Waals surface area contributed by atoms with Crippen LogP contribution in [0.25, 0.3) is 0 Å². The molecule has 0 aliphatic rings. The summed E-state index contributed by atoms with van der Waals surface area (Å²) in [4.78, 5) is 4.52. The van der Waals surface area contributed by atoms with Gasteiger partial charge in [0.25, 0.3) is 0 Å². The molecule has 9 heteroatoms. The SMILES string of the molecule is CCc1noc(CC)c1CNC(=NC)NCCS(=O)(=O)c1ccc(C(C)(C)C)cc1.I. The summed E-state index contributed by atoms with van der Waals surface area (Å²) in [6.45, 7) is 11.1. The second kappa shape index (κ2) is 11.8. The molecule has 2 aromatic rings. The molecule has 2 N–H and O–H groups in total. The van der Waals surface area contributed by atoms with Crippen LogP contribution in [0.4, 0.5) is 0 Å². The Morgan fingerprint density at radius 2 is 1.74 bits per heavy atom. The smallest absolute Gasteiger partial charge is 0.191 e. The number of aliphatic imine (C=N–C) groups is 1. The molecule has 0 aliphatic carbocycles. The lowest BCUT2D eigenvalue weighted by Crippen LogP contribution is -2.39. The monoisotopic (exact) mass is 562 g/mol. The summed E-state index contributed by atoms with van der Waals surface area (Å²) in [5, 5.41) is 10.4. The lowest BCUT2D eigenvalue weighted by Gasteiger charge is -2.19. The molecule has 0 saturated heterocycles. The zero-order valence-electron chi connectivity index (χ0n) is 19.3. The van der Waals surface area contributed by atoms with Gasteiger partial charge in [0.2, 0.25) is 0 Å². The first-order valence-electron chi connectivity index (χ1n) is 10.4. The Hall–Kier alpha value is -1.62. The van der Waals surface area contributed by atoms with Crippen molar-refractivity contribution in [1.29, 1.82) is 0 Å². The van der Waals surface area contributed by atoms with Gasteiger partial charge in [0.05, 0.1) is 16.3 Å². The van der Waals surface area contributed by atoms with Crippen LogP contribution < -0.4 is 10.6 Å². The molecule has 0 fully saturated rings. The largest absolute Gasteiger partial charge is 0.361 e. The van der Waals surface area contributed by atoms with Gasteiger partial charge in [-0.05, 0) is 29.5 Å². The van der Waals surface area contributed by atoms with Crippen molar-refractivity contribution in [3.8, 4) is 0 Å². The fourth-order valence-corrected chi connectivity index (χ4v) is 4.27. The summed E-state index contributed by atoms with van der Waals surface area (Å²) < 4.78 is 30.7. The molecule has 0 spiro atoms. The first-order valence-corrected chi connectivity index (χ1v) is 12.0. The molecule has 7 nitrogen and oxygen atoms in total. The average molecular weight is 563 g/mol. The molecule has 0 atom stereocenters. The third kappa shape index (κ3) is 7.48. The number of halogens is 1. The van der Waals surface area contributed by atoms with Crippen LogP contribution in [0.1, 0.15) is 57.2 Å². The molecule has 0 radical (unpaired) electrons. The van der Waals surface area contributed by atoms with E-state index in [2.05, 4.69) is 41.6 Å². The summed E-state index contributed by atoms with van der Waals surface area (Å²) in [5.74, 6) is 1.38. The van der Waals surface area contributed by atoms with Crippen LogP contribution >= 0.6 is 24.0 Å². The molecule has 0 amide bonds. The molecule has 1 aromatic carbocycles. The molecule has 0 unspecified atom stereocenters. The van der Waals surface area contributed by atoms with E-state index >= 15 is 0 Å². The van der Waals surface area contributed by atoms with E-state index in [4.69, 9.17) is 4.52 Å². The first-order chi connectivity index (χ1) is 14.1. The molecule has 0 bridgehead atoms. The maximum atomic E-state index is 12.7. The minimum absolute atomic E-state index is 0. The van der Waals surface area contributed by atoms with Crippen molar-refractivity contribution in [2.24, 2.45) is 4.99 Å². The van der Waals surface area contributed by atoms with Gasteiger partial charge >= 0.3 is 0 Å². The summed E-state index contributed by atoms with van der Waals surface area (Å²) >= 11 is 0. The number of hydrogen-bond donors (Lipinski definition) is 2.